The van der Waals surface area contributed by atoms with Crippen molar-refractivity contribution >= 4 is 17.7 Å². The molecule has 6 heteroatoms. The molecular weight excluding hydrogens is 274 g/mol. The van der Waals surface area contributed by atoms with Crippen LogP contribution in [0.1, 0.15) is 38.3 Å². The number of rotatable bonds is 4. The van der Waals surface area contributed by atoms with Crippen LogP contribution in [0, 0.1) is 6.92 Å². The van der Waals surface area contributed by atoms with Gasteiger partial charge < -0.3 is 9.88 Å². The lowest BCUT2D eigenvalue weighted by Crippen LogP contribution is -2.44. The van der Waals surface area contributed by atoms with Gasteiger partial charge in [-0.3, -0.25) is 9.59 Å². The quantitative estimate of drug-likeness (QED) is 0.681. The van der Waals surface area contributed by atoms with Crippen molar-refractivity contribution in [1.29, 1.82) is 0 Å². The minimum atomic E-state index is -0.170. The molecule has 1 aliphatic rings. The summed E-state index contributed by atoms with van der Waals surface area (Å²) in [4.78, 5) is 32.5. The van der Waals surface area contributed by atoms with Crippen LogP contribution in [0.4, 0.5) is 0 Å². The van der Waals surface area contributed by atoms with E-state index >= 15 is 0 Å². The molecule has 1 atom stereocenters. The van der Waals surface area contributed by atoms with Gasteiger partial charge >= 0.3 is 0 Å². The molecule has 0 saturated carbocycles. The van der Waals surface area contributed by atoms with Crippen LogP contribution in [0.3, 0.4) is 0 Å². The number of piperidine rings is 1. The Bertz CT molecular complexity index is 529. The number of nitrogens with one attached hydrogen (secondary N) is 1. The minimum Gasteiger partial charge on any atom is -0.339 e. The molecule has 1 N–H and O–H groups in total. The molecule has 0 radical (unpaired) electrons. The molecule has 20 heavy (non-hydrogen) atoms. The minimum absolute atomic E-state index is 0.144. The second-order valence-corrected chi connectivity index (χ2v) is 6.09. The Morgan fingerprint density at radius 1 is 1.55 bits per heavy atom. The largest absolute Gasteiger partial charge is 0.339 e. The van der Waals surface area contributed by atoms with E-state index in [0.29, 0.717) is 22.6 Å². The van der Waals surface area contributed by atoms with E-state index < -0.39 is 0 Å². The zero-order valence-corrected chi connectivity index (χ0v) is 12.8. The number of hydrogen-bond acceptors (Lipinski definition) is 4. The number of H-pyrrole nitrogens is 1. The maximum absolute atomic E-state index is 12.3. The molecule has 1 unspecified atom stereocenters. The SMILES string of the molecule is CCC1CCCCN1C(=O)CSc1nc(C)cc(=O)[nH]1. The summed E-state index contributed by atoms with van der Waals surface area (Å²) in [6.45, 7) is 4.76. The molecular formula is C14H21N3O2S. The molecule has 1 aliphatic heterocycles. The van der Waals surface area contributed by atoms with Crippen LogP contribution >= 0.6 is 11.8 Å². The summed E-state index contributed by atoms with van der Waals surface area (Å²) in [5.41, 5.74) is 0.505. The summed E-state index contributed by atoms with van der Waals surface area (Å²) in [7, 11) is 0. The van der Waals surface area contributed by atoms with Gasteiger partial charge in [0.1, 0.15) is 0 Å². The highest BCUT2D eigenvalue weighted by Gasteiger charge is 2.25. The second-order valence-electron chi connectivity index (χ2n) is 5.13. The van der Waals surface area contributed by atoms with E-state index in [1.807, 2.05) is 4.90 Å². The first-order valence-corrected chi connectivity index (χ1v) is 8.09. The number of hydrogen-bond donors (Lipinski definition) is 1. The van der Waals surface area contributed by atoms with E-state index in [2.05, 4.69) is 16.9 Å². The number of carbonyl (C=O) groups excluding carboxylic acids is 1. The van der Waals surface area contributed by atoms with Crippen molar-refractivity contribution in [2.45, 2.75) is 50.7 Å². The zero-order valence-electron chi connectivity index (χ0n) is 12.0. The number of nitrogens with zero attached hydrogens (tertiary/aromatic N) is 2. The van der Waals surface area contributed by atoms with Crippen molar-refractivity contribution in [3.8, 4) is 0 Å². The first-order valence-electron chi connectivity index (χ1n) is 7.10. The van der Waals surface area contributed by atoms with Crippen molar-refractivity contribution in [3.63, 3.8) is 0 Å². The molecule has 1 amide bonds. The van der Waals surface area contributed by atoms with Gasteiger partial charge in [-0.25, -0.2) is 4.98 Å². The van der Waals surface area contributed by atoms with Gasteiger partial charge in [0.05, 0.1) is 5.75 Å². The summed E-state index contributed by atoms with van der Waals surface area (Å²) in [5.74, 6) is 0.480. The summed E-state index contributed by atoms with van der Waals surface area (Å²) < 4.78 is 0. The van der Waals surface area contributed by atoms with Crippen LogP contribution in [0.25, 0.3) is 0 Å². The average Bonchev–Trinajstić information content (AvgIpc) is 2.43. The molecule has 0 spiro atoms. The van der Waals surface area contributed by atoms with Gasteiger partial charge in [0.25, 0.3) is 5.56 Å². The summed E-state index contributed by atoms with van der Waals surface area (Å²) in [6, 6.07) is 1.82. The van der Waals surface area contributed by atoms with E-state index in [4.69, 9.17) is 0 Å². The Kier molecular flexibility index (Phi) is 5.23. The Hall–Kier alpha value is -1.30. The van der Waals surface area contributed by atoms with Crippen LogP contribution in [0.15, 0.2) is 16.0 Å². The number of aromatic nitrogens is 2. The van der Waals surface area contributed by atoms with Gasteiger partial charge in [-0.2, -0.15) is 0 Å². The highest BCUT2D eigenvalue weighted by atomic mass is 32.2. The Morgan fingerprint density at radius 3 is 3.05 bits per heavy atom. The van der Waals surface area contributed by atoms with Crippen molar-refractivity contribution in [1.82, 2.24) is 14.9 Å². The fraction of sp³-hybridized carbons (Fsp3) is 0.643. The normalized spacial score (nSPS) is 19.1. The lowest BCUT2D eigenvalue weighted by atomic mass is 10.0. The molecule has 5 nitrogen and oxygen atoms in total. The van der Waals surface area contributed by atoms with E-state index in [1.54, 1.807) is 6.92 Å². The smallest absolute Gasteiger partial charge is 0.251 e. The molecule has 110 valence electrons. The van der Waals surface area contributed by atoms with Gasteiger partial charge in [0, 0.05) is 24.3 Å². The molecule has 2 heterocycles. The van der Waals surface area contributed by atoms with E-state index in [9.17, 15) is 9.59 Å². The van der Waals surface area contributed by atoms with Crippen LogP contribution < -0.4 is 5.56 Å². The number of thioether (sulfide) groups is 1. The predicted octanol–water partition coefficient (Wildman–Crippen LogP) is 1.96. The summed E-state index contributed by atoms with van der Waals surface area (Å²) in [6.07, 6.45) is 4.41. The fourth-order valence-electron chi connectivity index (χ4n) is 2.59. The number of amides is 1. The Morgan fingerprint density at radius 2 is 2.35 bits per heavy atom. The molecule has 0 bridgehead atoms. The fourth-order valence-corrected chi connectivity index (χ4v) is 3.39. The monoisotopic (exact) mass is 295 g/mol. The van der Waals surface area contributed by atoms with Gasteiger partial charge in [-0.1, -0.05) is 18.7 Å². The van der Waals surface area contributed by atoms with Gasteiger partial charge in [0.15, 0.2) is 5.16 Å². The van der Waals surface area contributed by atoms with Crippen molar-refractivity contribution in [2.24, 2.45) is 0 Å². The van der Waals surface area contributed by atoms with Crippen LogP contribution in [0.5, 0.6) is 0 Å². The first kappa shape index (κ1) is 15.1. The molecule has 1 saturated heterocycles. The van der Waals surface area contributed by atoms with Gasteiger partial charge in [0.2, 0.25) is 5.91 Å². The number of carbonyl (C=O) groups is 1. The maximum Gasteiger partial charge on any atom is 0.251 e. The van der Waals surface area contributed by atoms with Crippen molar-refractivity contribution in [2.75, 3.05) is 12.3 Å². The number of aryl methyl sites for hydroxylation is 1. The molecule has 2 rings (SSSR count). The molecule has 1 aromatic rings. The Balaban J connectivity index is 1.95. The summed E-state index contributed by atoms with van der Waals surface area (Å²) >= 11 is 1.31. The molecule has 1 fully saturated rings. The highest BCUT2D eigenvalue weighted by molar-refractivity contribution is 7.99. The maximum atomic E-state index is 12.3. The first-order chi connectivity index (χ1) is 9.60. The lowest BCUT2D eigenvalue weighted by Gasteiger charge is -2.35. The van der Waals surface area contributed by atoms with Crippen LogP contribution in [0.2, 0.25) is 0 Å². The van der Waals surface area contributed by atoms with E-state index in [-0.39, 0.29) is 11.5 Å². The van der Waals surface area contributed by atoms with Crippen LogP contribution in [-0.4, -0.2) is 39.1 Å². The third-order valence-electron chi connectivity index (χ3n) is 3.60. The second kappa shape index (κ2) is 6.92. The van der Waals surface area contributed by atoms with Crippen molar-refractivity contribution < 1.29 is 4.79 Å². The van der Waals surface area contributed by atoms with Gasteiger partial charge in [-0.15, -0.1) is 0 Å². The highest BCUT2D eigenvalue weighted by Crippen LogP contribution is 2.21. The van der Waals surface area contributed by atoms with Gasteiger partial charge in [-0.05, 0) is 32.6 Å². The zero-order chi connectivity index (χ0) is 14.5. The molecule has 0 aliphatic carbocycles. The van der Waals surface area contributed by atoms with E-state index in [1.165, 1.54) is 24.2 Å². The van der Waals surface area contributed by atoms with E-state index in [0.717, 1.165) is 25.8 Å². The molecule has 0 aromatic carbocycles. The number of aromatic amines is 1. The molecule has 1 aromatic heterocycles. The topological polar surface area (TPSA) is 66.1 Å². The van der Waals surface area contributed by atoms with Crippen LogP contribution in [-0.2, 0) is 4.79 Å². The third kappa shape index (κ3) is 3.85. The number of likely N-dealkylation sites (tertiary alicyclic amines) is 1. The predicted molar refractivity (Wildman–Crippen MR) is 80.0 cm³/mol. The Labute approximate surface area is 123 Å². The third-order valence-corrected chi connectivity index (χ3v) is 4.46. The lowest BCUT2D eigenvalue weighted by molar-refractivity contribution is -0.132. The summed E-state index contributed by atoms with van der Waals surface area (Å²) in [5, 5.41) is 0.522. The average molecular weight is 295 g/mol. The van der Waals surface area contributed by atoms with Crippen molar-refractivity contribution in [3.05, 3.63) is 22.1 Å². The standard InChI is InChI=1S/C14H21N3O2S/c1-3-11-6-4-5-7-17(11)13(19)9-20-14-15-10(2)8-12(18)16-14/h8,11H,3-7,9H2,1-2H3,(H,15,16,18).